The van der Waals surface area contributed by atoms with E-state index in [0.717, 1.165) is 0 Å². The number of rotatable bonds is 15. The van der Waals surface area contributed by atoms with Crippen molar-refractivity contribution in [2.45, 2.75) is 55.4 Å². The van der Waals surface area contributed by atoms with E-state index < -0.39 is 31.7 Å². The van der Waals surface area contributed by atoms with Gasteiger partial charge in [0.2, 0.25) is 0 Å². The van der Waals surface area contributed by atoms with Gasteiger partial charge in [0.05, 0.1) is 5.92 Å². The number of carbonyl (C=O) groups excluding carboxylic acids is 1. The van der Waals surface area contributed by atoms with Crippen LogP contribution in [0.3, 0.4) is 0 Å². The van der Waals surface area contributed by atoms with Crippen molar-refractivity contribution >= 4 is 117 Å². The van der Waals surface area contributed by atoms with Gasteiger partial charge in [-0.3, -0.25) is 4.79 Å². The van der Waals surface area contributed by atoms with Crippen LogP contribution in [0.2, 0.25) is 0 Å². The number of hydrogen-bond acceptors (Lipinski definition) is 2. The van der Waals surface area contributed by atoms with Gasteiger partial charge in [-0.25, -0.2) is 0 Å². The van der Waals surface area contributed by atoms with E-state index in [4.69, 9.17) is 4.74 Å². The quantitative estimate of drug-likeness (QED) is 0.0443. The molecule has 0 aromatic heterocycles. The molecule has 99 heavy (non-hydrogen) atoms. The second-order valence-electron chi connectivity index (χ2n) is 21.1. The van der Waals surface area contributed by atoms with E-state index in [1.807, 2.05) is 47.6 Å². The van der Waals surface area contributed by atoms with Gasteiger partial charge in [0.15, 0.2) is 0 Å². The monoisotopic (exact) mass is 1480 g/mol. The minimum absolute atomic E-state index is 0. The van der Waals surface area contributed by atoms with Crippen molar-refractivity contribution < 1.29 is 30.0 Å². The van der Waals surface area contributed by atoms with Crippen molar-refractivity contribution in [3.8, 4) is 0 Å². The fourth-order valence-electron chi connectivity index (χ4n) is 9.56. The zero-order valence-corrected chi connectivity index (χ0v) is 66.2. The predicted molar refractivity (Wildman–Crippen MR) is 447 cm³/mol. The van der Waals surface area contributed by atoms with Crippen LogP contribution >= 0.6 is 31.7 Å². The molecule has 0 bridgehead atoms. The van der Waals surface area contributed by atoms with Gasteiger partial charge in [-0.15, -0.1) is 0 Å². The first-order chi connectivity index (χ1) is 48.4. The Bertz CT molecular complexity index is 3180. The molecule has 8 heteroatoms. The van der Waals surface area contributed by atoms with Gasteiger partial charge < -0.3 is 4.74 Å². The molecular weight excluding hydrogens is 1380 g/mol. The summed E-state index contributed by atoms with van der Waals surface area (Å²) in [7, 11) is -0.610. The van der Waals surface area contributed by atoms with Crippen molar-refractivity contribution in [1.29, 1.82) is 0 Å². The van der Waals surface area contributed by atoms with Crippen LogP contribution in [0.5, 0.6) is 0 Å². The van der Waals surface area contributed by atoms with E-state index in [1.165, 1.54) is 79.1 Å². The number of benzene rings is 13. The molecule has 0 saturated carbocycles. The van der Waals surface area contributed by atoms with E-state index in [0.29, 0.717) is 6.61 Å². The van der Waals surface area contributed by atoms with Crippen molar-refractivity contribution in [3.05, 3.63) is 407 Å². The van der Waals surface area contributed by atoms with E-state index in [-0.39, 0.29) is 32.3 Å². The summed E-state index contributed by atoms with van der Waals surface area (Å²) < 4.78 is 4.70. The molecule has 0 N–H and O–H groups in total. The van der Waals surface area contributed by atoms with Crippen LogP contribution in [-0.2, 0) is 30.0 Å². The summed E-state index contributed by atoms with van der Waals surface area (Å²) in [6, 6.07) is 140. The van der Waals surface area contributed by atoms with Gasteiger partial charge in [-0.05, 0) is 95.3 Å². The SMILES string of the molecule is C=CCOC(=O)C(C)C.CC.CC.CC.[Pd].[SiH3]c1ccccc1.c1ccc(P(c2ccccc2)c2ccccc2)cc1.c1ccc(P(c2ccccc2)c2ccccc2)cc1.c1ccc(P(c2ccccc2)c2ccccc2)cc1.c1ccc(P(c2ccccc2)c2ccccc2)cc1. The van der Waals surface area contributed by atoms with Crippen molar-refractivity contribution in [3.63, 3.8) is 0 Å². The normalized spacial score (nSPS) is 9.79. The van der Waals surface area contributed by atoms with Gasteiger partial charge in [0, 0.05) is 30.7 Å². The molecule has 13 rings (SSSR count). The maximum Gasteiger partial charge on any atom is 0.308 e. The second-order valence-corrected chi connectivity index (χ2v) is 31.1. The molecule has 0 unspecified atom stereocenters. The van der Waals surface area contributed by atoms with Gasteiger partial charge in [-0.1, -0.05) is 468 Å². The summed E-state index contributed by atoms with van der Waals surface area (Å²) in [6.07, 6.45) is 1.56. The van der Waals surface area contributed by atoms with Crippen LogP contribution in [0.4, 0.5) is 0 Å². The first-order valence-corrected chi connectivity index (χ1v) is 40.3. The molecule has 0 spiro atoms. The van der Waals surface area contributed by atoms with Crippen molar-refractivity contribution in [1.82, 2.24) is 0 Å². The third-order valence-corrected chi connectivity index (χ3v) is 24.4. The zero-order valence-electron chi connectivity index (χ0n) is 59.0. The van der Waals surface area contributed by atoms with Crippen LogP contribution in [0.25, 0.3) is 0 Å². The van der Waals surface area contributed by atoms with Crippen LogP contribution < -0.4 is 68.8 Å². The van der Waals surface area contributed by atoms with Gasteiger partial charge in [-0.2, -0.15) is 0 Å². The maximum absolute atomic E-state index is 10.6. The summed E-state index contributed by atoms with van der Waals surface area (Å²) in [5.74, 6) is -0.208. The molecule has 0 heterocycles. The molecule has 0 aliphatic carbocycles. The predicted octanol–water partition coefficient (Wildman–Crippen LogP) is 17.9. The molecule has 13 aromatic carbocycles. The molecule has 2 nitrogen and oxygen atoms in total. The Morgan fingerprint density at radius 3 is 0.495 bits per heavy atom. The summed E-state index contributed by atoms with van der Waals surface area (Å²) in [4.78, 5) is 10.6. The average Bonchev–Trinajstić information content (AvgIpc) is 0.885. The van der Waals surface area contributed by atoms with Crippen LogP contribution in [0.1, 0.15) is 55.4 Å². The van der Waals surface area contributed by atoms with E-state index in [1.54, 1.807) is 19.9 Å². The minimum Gasteiger partial charge on any atom is -0.461 e. The Hall–Kier alpha value is -8.33. The average molecular weight is 1480 g/mol. The van der Waals surface area contributed by atoms with Crippen LogP contribution in [-0.4, -0.2) is 22.8 Å². The summed E-state index contributed by atoms with van der Waals surface area (Å²) in [6.45, 7) is 19.3. The zero-order chi connectivity index (χ0) is 70.1. The number of carbonyl (C=O) groups is 1. The van der Waals surface area contributed by atoms with Crippen LogP contribution in [0, 0.1) is 5.92 Å². The molecule has 13 aromatic rings. The standard InChI is InChI=1S/4C18H15P.C7H12O2.C6H8Si.3C2H6.Pd/c4*1-4-10-16(11-5-1)19(17-12-6-2-7-13-17)18-14-8-3-9-15-18;1-4-5-9-7(8)6(2)3;7-6-4-2-1-3-5-6;3*1-2;/h4*1-15H;4,6H,1,5H2,2-3H3;1-5H,7H3;3*1-2H3;. The second kappa shape index (κ2) is 51.8. The first kappa shape index (κ1) is 83.1. The summed E-state index contributed by atoms with van der Waals surface area (Å²) in [5.41, 5.74) is 0. The number of ether oxygens (including phenoxy) is 1. The van der Waals surface area contributed by atoms with Gasteiger partial charge in [0.1, 0.15) is 6.61 Å². The fourth-order valence-corrected chi connectivity index (χ4v) is 19.2. The number of esters is 1. The van der Waals surface area contributed by atoms with Crippen LogP contribution in [0.15, 0.2) is 407 Å². The molecule has 0 amide bonds. The Balaban J connectivity index is 0.000000254. The minimum atomic E-state index is -0.446. The Kier molecular flexibility index (Phi) is 43.5. The Morgan fingerprint density at radius 1 is 0.283 bits per heavy atom. The van der Waals surface area contributed by atoms with Gasteiger partial charge in [0.25, 0.3) is 0 Å². The van der Waals surface area contributed by atoms with Crippen molar-refractivity contribution in [2.75, 3.05) is 6.61 Å². The van der Waals surface area contributed by atoms with Gasteiger partial charge >= 0.3 is 5.97 Å². The summed E-state index contributed by atoms with van der Waals surface area (Å²) in [5, 5.41) is 18.2. The first-order valence-electron chi connectivity index (χ1n) is 34.0. The third kappa shape index (κ3) is 30.0. The summed E-state index contributed by atoms with van der Waals surface area (Å²) >= 11 is 0. The van der Waals surface area contributed by atoms with E-state index in [2.05, 4.69) is 395 Å². The molecule has 0 aliphatic heterocycles. The van der Waals surface area contributed by atoms with Crippen molar-refractivity contribution in [2.24, 2.45) is 5.92 Å². The molecule has 0 saturated heterocycles. The molecule has 0 atom stereocenters. The molecular formula is C91H98O2P4PdSi. The van der Waals surface area contributed by atoms with E-state index >= 15 is 0 Å². The Labute approximate surface area is 616 Å². The molecule has 0 radical (unpaired) electrons. The molecule has 0 aliphatic rings. The topological polar surface area (TPSA) is 26.3 Å². The van der Waals surface area contributed by atoms with E-state index in [9.17, 15) is 4.79 Å². The Morgan fingerprint density at radius 2 is 0.404 bits per heavy atom. The third-order valence-electron chi connectivity index (χ3n) is 13.9. The number of hydrogen-bond donors (Lipinski definition) is 0. The largest absolute Gasteiger partial charge is 0.461 e. The fraction of sp³-hybridized carbons (Fsp3) is 0.110. The molecule has 508 valence electrons. The smallest absolute Gasteiger partial charge is 0.308 e. The molecule has 0 fully saturated rings. The maximum atomic E-state index is 10.6.